The van der Waals surface area contributed by atoms with Crippen molar-refractivity contribution in [3.63, 3.8) is 0 Å². The zero-order valence-corrected chi connectivity index (χ0v) is 37.1. The van der Waals surface area contributed by atoms with Gasteiger partial charge in [-0.25, -0.2) is 27.5 Å². The van der Waals surface area contributed by atoms with Crippen molar-refractivity contribution in [2.45, 2.75) is 77.2 Å². The number of benzene rings is 4. The second-order valence-electron chi connectivity index (χ2n) is 16.9. The number of carbonyl (C=O) groups excluding carboxylic acids is 4. The van der Waals surface area contributed by atoms with Crippen molar-refractivity contribution in [1.29, 1.82) is 0 Å². The lowest BCUT2D eigenvalue weighted by molar-refractivity contribution is -0.129. The van der Waals surface area contributed by atoms with Crippen LogP contribution in [0.15, 0.2) is 114 Å². The Morgan fingerprint density at radius 3 is 1.75 bits per heavy atom. The standard InChI is InChI=1S/C49H46F4N8O6/c1-27-41(44(62)56-33-12-7-10-31(22-33)48(3,50)51)46(64)60(58-27)35-15-18-37(19-16-35)67-38-14-6-9-29(21-38)43-54-25-30(26-55-43)39-24-36(17-20-40(39)66-5)61-47(65)42(28(2)59-61)45(63)57-34-13-8-11-32(23-34)49(4,52)53/h7-8,10-13,15-20,22-26,29,38,41-42H,6,9,14,21H2,1-5H3,(H,56,62)(H,57,63). The van der Waals surface area contributed by atoms with Crippen molar-refractivity contribution in [3.05, 3.63) is 120 Å². The number of nitrogens with zero attached hydrogens (tertiary/aromatic N) is 6. The largest absolute Gasteiger partial charge is 0.496 e. The molecule has 2 N–H and O–H groups in total. The van der Waals surface area contributed by atoms with Gasteiger partial charge in [0, 0.05) is 65.8 Å². The molecule has 3 aliphatic rings. The van der Waals surface area contributed by atoms with Crippen molar-refractivity contribution in [1.82, 2.24) is 9.97 Å². The molecule has 2 aliphatic heterocycles. The molecule has 4 amide bonds. The molecule has 0 radical (unpaired) electrons. The molecule has 4 atom stereocenters. The lowest BCUT2D eigenvalue weighted by Gasteiger charge is -2.29. The van der Waals surface area contributed by atoms with E-state index in [0.717, 1.165) is 43.1 Å². The highest BCUT2D eigenvalue weighted by molar-refractivity contribution is 6.29. The smallest absolute Gasteiger partial charge is 0.270 e. The minimum atomic E-state index is -3.12. The monoisotopic (exact) mass is 918 g/mol. The first-order valence-electron chi connectivity index (χ1n) is 21.5. The molecule has 18 heteroatoms. The van der Waals surface area contributed by atoms with E-state index in [1.807, 2.05) is 0 Å². The molecular weight excluding hydrogens is 873 g/mol. The van der Waals surface area contributed by atoms with E-state index in [1.165, 1.54) is 55.6 Å². The van der Waals surface area contributed by atoms with Crippen LogP contribution in [0.2, 0.25) is 0 Å². The van der Waals surface area contributed by atoms with Gasteiger partial charge in [-0.1, -0.05) is 24.3 Å². The molecular formula is C49H46F4N8O6. The minimum absolute atomic E-state index is 0.00703. The molecule has 1 aliphatic carbocycles. The van der Waals surface area contributed by atoms with Crippen LogP contribution < -0.4 is 30.1 Å². The van der Waals surface area contributed by atoms with Gasteiger partial charge in [-0.15, -0.1) is 0 Å². The molecule has 5 aromatic rings. The van der Waals surface area contributed by atoms with E-state index >= 15 is 0 Å². The highest BCUT2D eigenvalue weighted by Gasteiger charge is 2.42. The number of hydrazone groups is 2. The van der Waals surface area contributed by atoms with Crippen LogP contribution in [0.5, 0.6) is 11.5 Å². The maximum Gasteiger partial charge on any atom is 0.270 e. The maximum absolute atomic E-state index is 13.9. The molecule has 346 valence electrons. The molecule has 1 fully saturated rings. The van der Waals surface area contributed by atoms with E-state index in [4.69, 9.17) is 19.4 Å². The SMILES string of the molecule is COc1ccc(N2N=C(C)C(C(=O)Nc3cccc(C(C)(F)F)c3)C2=O)cc1-c1cnc(C2CCCC(Oc3ccc(N4N=C(C)C(C(=O)Nc5cccc(C(C)(F)F)c5)C4=O)cc3)C2)nc1. The summed E-state index contributed by atoms with van der Waals surface area (Å²) in [7, 11) is 1.51. The molecule has 3 heterocycles. The first-order valence-corrected chi connectivity index (χ1v) is 21.5. The number of aromatic nitrogens is 2. The molecule has 0 spiro atoms. The van der Waals surface area contributed by atoms with E-state index in [-0.39, 0.29) is 45.9 Å². The summed E-state index contributed by atoms with van der Waals surface area (Å²) in [6.45, 7) is 4.63. The number of anilines is 4. The normalized spacial score (nSPS) is 19.8. The molecule has 1 aromatic heterocycles. The first-order chi connectivity index (χ1) is 31.9. The number of hydrogen-bond donors (Lipinski definition) is 2. The fourth-order valence-electron chi connectivity index (χ4n) is 8.36. The summed E-state index contributed by atoms with van der Waals surface area (Å²) < 4.78 is 67.6. The summed E-state index contributed by atoms with van der Waals surface area (Å²) in [5, 5.41) is 16.1. The second-order valence-corrected chi connectivity index (χ2v) is 16.9. The Morgan fingerprint density at radius 1 is 0.701 bits per heavy atom. The van der Waals surface area contributed by atoms with Crippen LogP contribution in [0.25, 0.3) is 11.1 Å². The van der Waals surface area contributed by atoms with Gasteiger partial charge in [-0.2, -0.15) is 20.2 Å². The summed E-state index contributed by atoms with van der Waals surface area (Å²) >= 11 is 0. The third-order valence-corrected chi connectivity index (χ3v) is 11.8. The van der Waals surface area contributed by atoms with E-state index in [0.29, 0.717) is 46.2 Å². The van der Waals surface area contributed by atoms with Gasteiger partial charge >= 0.3 is 0 Å². The number of hydrogen-bond acceptors (Lipinski definition) is 10. The maximum atomic E-state index is 13.9. The molecule has 8 rings (SSSR count). The van der Waals surface area contributed by atoms with Gasteiger partial charge in [0.05, 0.1) is 36.0 Å². The van der Waals surface area contributed by atoms with Gasteiger partial charge in [-0.05, 0) is 106 Å². The Balaban J connectivity index is 0.887. The summed E-state index contributed by atoms with van der Waals surface area (Å²) in [6, 6.07) is 22.4. The molecule has 0 bridgehead atoms. The van der Waals surface area contributed by atoms with Crippen LogP contribution in [-0.2, 0) is 31.0 Å². The topological polar surface area (TPSA) is 168 Å². The lowest BCUT2D eigenvalue weighted by atomic mass is 9.86. The Hall–Kier alpha value is -7.50. The molecule has 0 saturated heterocycles. The number of carbonyl (C=O) groups is 4. The molecule has 4 aromatic carbocycles. The average molecular weight is 919 g/mol. The predicted octanol–water partition coefficient (Wildman–Crippen LogP) is 9.44. The summed E-state index contributed by atoms with van der Waals surface area (Å²) in [4.78, 5) is 63.0. The van der Waals surface area contributed by atoms with E-state index < -0.39 is 47.3 Å². The number of methoxy groups -OCH3 is 1. The van der Waals surface area contributed by atoms with Gasteiger partial charge in [0.1, 0.15) is 17.3 Å². The minimum Gasteiger partial charge on any atom is -0.496 e. The summed E-state index contributed by atoms with van der Waals surface area (Å²) in [5.74, 6) is -9.62. The second kappa shape index (κ2) is 18.4. The molecule has 67 heavy (non-hydrogen) atoms. The van der Waals surface area contributed by atoms with Gasteiger partial charge in [-0.3, -0.25) is 19.2 Å². The predicted molar refractivity (Wildman–Crippen MR) is 244 cm³/mol. The number of amides is 4. The Bertz CT molecular complexity index is 2790. The number of halogens is 4. The van der Waals surface area contributed by atoms with Crippen LogP contribution in [0.4, 0.5) is 40.3 Å². The van der Waals surface area contributed by atoms with Crippen molar-refractivity contribution in [2.75, 3.05) is 27.8 Å². The van der Waals surface area contributed by atoms with Gasteiger partial charge in [0.25, 0.3) is 23.7 Å². The van der Waals surface area contributed by atoms with Crippen LogP contribution in [0.3, 0.4) is 0 Å². The highest BCUT2D eigenvalue weighted by atomic mass is 19.3. The fraction of sp³-hybridized carbons (Fsp3) is 0.306. The number of ether oxygens (including phenoxy) is 2. The third-order valence-electron chi connectivity index (χ3n) is 11.8. The van der Waals surface area contributed by atoms with Gasteiger partial charge in [0.2, 0.25) is 11.8 Å². The Labute approximate surface area is 383 Å². The zero-order chi connectivity index (χ0) is 47.8. The van der Waals surface area contributed by atoms with Crippen LogP contribution in [0, 0.1) is 11.8 Å². The average Bonchev–Trinajstić information content (AvgIpc) is 3.78. The van der Waals surface area contributed by atoms with Crippen LogP contribution >= 0.6 is 0 Å². The zero-order valence-electron chi connectivity index (χ0n) is 37.1. The Morgan fingerprint density at radius 2 is 1.22 bits per heavy atom. The van der Waals surface area contributed by atoms with E-state index in [9.17, 15) is 36.7 Å². The number of nitrogens with one attached hydrogen (secondary N) is 2. The molecule has 4 unspecified atom stereocenters. The first kappa shape index (κ1) is 46.0. The fourth-order valence-corrected chi connectivity index (χ4v) is 8.36. The highest BCUT2D eigenvalue weighted by Crippen LogP contribution is 2.38. The van der Waals surface area contributed by atoms with E-state index in [1.54, 1.807) is 68.7 Å². The van der Waals surface area contributed by atoms with Crippen molar-refractivity contribution >= 4 is 57.8 Å². The number of rotatable bonds is 13. The van der Waals surface area contributed by atoms with Crippen LogP contribution in [0.1, 0.15) is 76.2 Å². The molecule has 14 nitrogen and oxygen atoms in total. The van der Waals surface area contributed by atoms with Crippen LogP contribution in [-0.4, -0.2) is 58.2 Å². The quantitative estimate of drug-likeness (QED) is 0.0870. The lowest BCUT2D eigenvalue weighted by Crippen LogP contribution is -2.36. The van der Waals surface area contributed by atoms with Crippen molar-refractivity contribution in [2.24, 2.45) is 22.0 Å². The van der Waals surface area contributed by atoms with Gasteiger partial charge < -0.3 is 20.1 Å². The number of alkyl halides is 4. The third kappa shape index (κ3) is 9.88. The van der Waals surface area contributed by atoms with Crippen molar-refractivity contribution < 1.29 is 46.2 Å². The van der Waals surface area contributed by atoms with Gasteiger partial charge in [0.15, 0.2) is 11.8 Å². The Kier molecular flexibility index (Phi) is 12.7. The molecule has 1 saturated carbocycles. The summed E-state index contributed by atoms with van der Waals surface area (Å²) in [5.41, 5.74) is 2.18. The van der Waals surface area contributed by atoms with E-state index in [2.05, 4.69) is 20.8 Å². The summed E-state index contributed by atoms with van der Waals surface area (Å²) in [6.07, 6.45) is 6.36. The van der Waals surface area contributed by atoms with Crippen molar-refractivity contribution in [3.8, 4) is 22.6 Å².